The number of nitrogens with zero attached hydrogens (tertiary/aromatic N) is 1. The number of carbonyl (C=O) groups is 1. The fourth-order valence-electron chi connectivity index (χ4n) is 1.57. The fraction of sp³-hybridized carbons (Fsp3) is 0.538. The third-order valence-corrected chi connectivity index (χ3v) is 2.87. The lowest BCUT2D eigenvalue weighted by atomic mass is 10.3. The lowest BCUT2D eigenvalue weighted by Gasteiger charge is -2.06. The lowest BCUT2D eigenvalue weighted by Crippen LogP contribution is -2.12. The minimum atomic E-state index is -0.456. The average molecular weight is 249 g/mol. The highest BCUT2D eigenvalue weighted by Crippen LogP contribution is 2.28. The third kappa shape index (κ3) is 4.33. The number of amides is 1. The molecule has 1 aliphatic carbocycles. The Morgan fingerprint density at radius 2 is 2.33 bits per heavy atom. The van der Waals surface area contributed by atoms with Gasteiger partial charge in [0.25, 0.3) is 0 Å². The molecule has 3 N–H and O–H groups in total. The van der Waals surface area contributed by atoms with Gasteiger partial charge in [0.05, 0.1) is 5.56 Å². The van der Waals surface area contributed by atoms with Crippen molar-refractivity contribution in [2.24, 2.45) is 11.7 Å². The van der Waals surface area contributed by atoms with Gasteiger partial charge in [0.15, 0.2) is 0 Å². The van der Waals surface area contributed by atoms with E-state index in [1.54, 1.807) is 12.1 Å². The Labute approximate surface area is 107 Å². The van der Waals surface area contributed by atoms with Crippen molar-refractivity contribution >= 4 is 11.7 Å². The summed E-state index contributed by atoms with van der Waals surface area (Å²) in [5, 5.41) is 3.17. The van der Waals surface area contributed by atoms with Crippen LogP contribution in [-0.4, -0.2) is 30.6 Å². The number of rotatable bonds is 8. The Bertz CT molecular complexity index is 388. The first-order chi connectivity index (χ1) is 8.75. The van der Waals surface area contributed by atoms with Crippen LogP contribution >= 0.6 is 0 Å². The van der Waals surface area contributed by atoms with E-state index in [0.29, 0.717) is 5.56 Å². The molecule has 18 heavy (non-hydrogen) atoms. The van der Waals surface area contributed by atoms with Crippen LogP contribution in [-0.2, 0) is 4.74 Å². The highest BCUT2D eigenvalue weighted by atomic mass is 16.5. The normalized spacial score (nSPS) is 14.4. The Morgan fingerprint density at radius 1 is 1.50 bits per heavy atom. The average Bonchev–Trinajstić information content (AvgIpc) is 3.18. The van der Waals surface area contributed by atoms with Crippen LogP contribution in [0.15, 0.2) is 18.3 Å². The molecule has 0 aliphatic heterocycles. The lowest BCUT2D eigenvalue weighted by molar-refractivity contribution is 0.1000. The molecule has 0 aromatic carbocycles. The van der Waals surface area contributed by atoms with E-state index in [4.69, 9.17) is 10.5 Å². The summed E-state index contributed by atoms with van der Waals surface area (Å²) in [5.41, 5.74) is 5.56. The Balaban J connectivity index is 1.58. The zero-order chi connectivity index (χ0) is 12.8. The molecule has 0 bridgehead atoms. The van der Waals surface area contributed by atoms with Crippen LogP contribution in [0.2, 0.25) is 0 Å². The standard InChI is InChI=1S/C13H19N3O2/c14-13(17)11-4-5-12(16-8-11)15-6-1-7-18-9-10-2-3-10/h4-5,8,10H,1-3,6-7,9H2,(H2,14,17)(H,15,16). The van der Waals surface area contributed by atoms with Gasteiger partial charge >= 0.3 is 0 Å². The van der Waals surface area contributed by atoms with Crippen LogP contribution < -0.4 is 11.1 Å². The molecule has 0 atom stereocenters. The molecule has 1 aromatic heterocycles. The van der Waals surface area contributed by atoms with E-state index in [1.807, 2.05) is 0 Å². The number of nitrogens with two attached hydrogens (primary N) is 1. The number of hydrogen-bond donors (Lipinski definition) is 2. The molecule has 0 spiro atoms. The number of aromatic nitrogens is 1. The van der Waals surface area contributed by atoms with Crippen LogP contribution in [0.4, 0.5) is 5.82 Å². The van der Waals surface area contributed by atoms with Gasteiger partial charge in [0.2, 0.25) is 5.91 Å². The maximum Gasteiger partial charge on any atom is 0.250 e. The maximum atomic E-state index is 10.8. The van der Waals surface area contributed by atoms with E-state index in [2.05, 4.69) is 10.3 Å². The van der Waals surface area contributed by atoms with Gasteiger partial charge < -0.3 is 15.8 Å². The largest absolute Gasteiger partial charge is 0.381 e. The molecule has 1 aromatic rings. The minimum absolute atomic E-state index is 0.424. The zero-order valence-electron chi connectivity index (χ0n) is 10.4. The van der Waals surface area contributed by atoms with Crippen molar-refractivity contribution in [1.29, 1.82) is 0 Å². The summed E-state index contributed by atoms with van der Waals surface area (Å²) in [7, 11) is 0. The number of ether oxygens (including phenoxy) is 1. The predicted molar refractivity (Wildman–Crippen MR) is 69.4 cm³/mol. The van der Waals surface area contributed by atoms with Crippen molar-refractivity contribution in [3.05, 3.63) is 23.9 Å². The molecule has 1 aliphatic rings. The smallest absolute Gasteiger partial charge is 0.250 e. The van der Waals surface area contributed by atoms with Crippen LogP contribution in [0.3, 0.4) is 0 Å². The molecular formula is C13H19N3O2. The monoisotopic (exact) mass is 249 g/mol. The molecule has 5 heteroatoms. The summed E-state index contributed by atoms with van der Waals surface area (Å²) in [6, 6.07) is 3.42. The van der Waals surface area contributed by atoms with E-state index in [0.717, 1.165) is 37.9 Å². The van der Waals surface area contributed by atoms with Gasteiger partial charge in [0.1, 0.15) is 5.82 Å². The first-order valence-corrected chi connectivity index (χ1v) is 6.33. The number of anilines is 1. The molecule has 1 saturated carbocycles. The Kier molecular flexibility index (Phi) is 4.52. The molecule has 98 valence electrons. The molecular weight excluding hydrogens is 230 g/mol. The number of carbonyl (C=O) groups excluding carboxylic acids is 1. The number of primary amides is 1. The summed E-state index contributed by atoms with van der Waals surface area (Å²) in [6.45, 7) is 2.50. The number of pyridine rings is 1. The SMILES string of the molecule is NC(=O)c1ccc(NCCCOCC2CC2)nc1. The topological polar surface area (TPSA) is 77.2 Å². The second-order valence-electron chi connectivity index (χ2n) is 4.59. The van der Waals surface area contributed by atoms with E-state index < -0.39 is 5.91 Å². The molecule has 0 saturated heterocycles. The van der Waals surface area contributed by atoms with Crippen molar-refractivity contribution in [1.82, 2.24) is 4.98 Å². The number of nitrogens with one attached hydrogen (secondary N) is 1. The van der Waals surface area contributed by atoms with E-state index in [9.17, 15) is 4.79 Å². The van der Waals surface area contributed by atoms with Crippen molar-refractivity contribution < 1.29 is 9.53 Å². The molecule has 0 radical (unpaired) electrons. The molecule has 2 rings (SSSR count). The van der Waals surface area contributed by atoms with Crippen molar-refractivity contribution in [3.63, 3.8) is 0 Å². The van der Waals surface area contributed by atoms with Gasteiger partial charge in [-0.3, -0.25) is 4.79 Å². The molecule has 1 heterocycles. The summed E-state index contributed by atoms with van der Waals surface area (Å²) >= 11 is 0. The van der Waals surface area contributed by atoms with E-state index in [-0.39, 0.29) is 0 Å². The van der Waals surface area contributed by atoms with Crippen LogP contribution in [0.25, 0.3) is 0 Å². The van der Waals surface area contributed by atoms with Gasteiger partial charge in [-0.1, -0.05) is 0 Å². The Morgan fingerprint density at radius 3 is 2.94 bits per heavy atom. The molecule has 1 fully saturated rings. The maximum absolute atomic E-state index is 10.8. The second kappa shape index (κ2) is 6.35. The van der Waals surface area contributed by atoms with Crippen molar-refractivity contribution in [2.75, 3.05) is 25.1 Å². The predicted octanol–water partition coefficient (Wildman–Crippen LogP) is 1.41. The molecule has 0 unspecified atom stereocenters. The van der Waals surface area contributed by atoms with Crippen LogP contribution in [0.5, 0.6) is 0 Å². The highest BCUT2D eigenvalue weighted by Gasteiger charge is 2.20. The minimum Gasteiger partial charge on any atom is -0.381 e. The van der Waals surface area contributed by atoms with Crippen molar-refractivity contribution in [2.45, 2.75) is 19.3 Å². The fourth-order valence-corrected chi connectivity index (χ4v) is 1.57. The first kappa shape index (κ1) is 12.8. The summed E-state index contributed by atoms with van der Waals surface area (Å²) in [5.74, 6) is 1.12. The summed E-state index contributed by atoms with van der Waals surface area (Å²) < 4.78 is 5.52. The first-order valence-electron chi connectivity index (χ1n) is 6.33. The van der Waals surface area contributed by atoms with Gasteiger partial charge in [-0.05, 0) is 37.3 Å². The third-order valence-electron chi connectivity index (χ3n) is 2.87. The highest BCUT2D eigenvalue weighted by molar-refractivity contribution is 5.92. The number of hydrogen-bond acceptors (Lipinski definition) is 4. The van der Waals surface area contributed by atoms with Crippen molar-refractivity contribution in [3.8, 4) is 0 Å². The van der Waals surface area contributed by atoms with Gasteiger partial charge in [-0.15, -0.1) is 0 Å². The van der Waals surface area contributed by atoms with Crippen LogP contribution in [0.1, 0.15) is 29.6 Å². The summed E-state index contributed by atoms with van der Waals surface area (Å²) in [6.07, 6.45) is 5.09. The quantitative estimate of drug-likeness (QED) is 0.683. The van der Waals surface area contributed by atoms with Gasteiger partial charge in [0, 0.05) is 26.0 Å². The molecule has 1 amide bonds. The van der Waals surface area contributed by atoms with Gasteiger partial charge in [-0.2, -0.15) is 0 Å². The summed E-state index contributed by atoms with van der Waals surface area (Å²) in [4.78, 5) is 15.0. The van der Waals surface area contributed by atoms with E-state index in [1.165, 1.54) is 19.0 Å². The second-order valence-corrected chi connectivity index (χ2v) is 4.59. The van der Waals surface area contributed by atoms with Crippen LogP contribution in [0, 0.1) is 5.92 Å². The zero-order valence-corrected chi connectivity index (χ0v) is 10.4. The van der Waals surface area contributed by atoms with Gasteiger partial charge in [-0.25, -0.2) is 4.98 Å². The Hall–Kier alpha value is -1.62. The van der Waals surface area contributed by atoms with E-state index >= 15 is 0 Å². The molecule has 5 nitrogen and oxygen atoms in total.